The summed E-state index contributed by atoms with van der Waals surface area (Å²) in [6.45, 7) is 2.24. The summed E-state index contributed by atoms with van der Waals surface area (Å²) in [6, 6.07) is 3.87. The molecular formula is C12H17NO4. The normalized spacial score (nSPS) is 12.1. The van der Waals surface area contributed by atoms with Crippen LogP contribution in [0, 0.1) is 0 Å². The molecule has 17 heavy (non-hydrogen) atoms. The molecule has 1 rings (SSSR count). The number of hydrogen-bond donors (Lipinski definition) is 4. The summed E-state index contributed by atoms with van der Waals surface area (Å²) in [7, 11) is 0. The second-order valence-corrected chi connectivity index (χ2v) is 3.81. The fourth-order valence-corrected chi connectivity index (χ4v) is 1.32. The summed E-state index contributed by atoms with van der Waals surface area (Å²) in [6.07, 6.45) is 0.728. The summed E-state index contributed by atoms with van der Waals surface area (Å²) < 4.78 is 0. The van der Waals surface area contributed by atoms with E-state index in [0.717, 1.165) is 0 Å². The Bertz CT molecular complexity index is 392. The minimum atomic E-state index is -0.413. The van der Waals surface area contributed by atoms with Crippen molar-refractivity contribution in [1.82, 2.24) is 5.32 Å². The van der Waals surface area contributed by atoms with Crippen molar-refractivity contribution < 1.29 is 20.1 Å². The van der Waals surface area contributed by atoms with E-state index in [0.29, 0.717) is 19.4 Å². The number of carbonyl (C=O) groups excluding carboxylic acids is 1. The average molecular weight is 239 g/mol. The van der Waals surface area contributed by atoms with Gasteiger partial charge in [0.15, 0.2) is 11.5 Å². The highest BCUT2D eigenvalue weighted by Crippen LogP contribution is 2.24. The van der Waals surface area contributed by atoms with Crippen LogP contribution >= 0.6 is 0 Å². The lowest BCUT2D eigenvalue weighted by Crippen LogP contribution is -2.26. The van der Waals surface area contributed by atoms with Gasteiger partial charge in [-0.15, -0.1) is 0 Å². The second kappa shape index (κ2) is 6.10. The van der Waals surface area contributed by atoms with Gasteiger partial charge in [-0.2, -0.15) is 0 Å². The van der Waals surface area contributed by atoms with Crippen molar-refractivity contribution in [2.24, 2.45) is 0 Å². The maximum Gasteiger partial charge on any atom is 0.251 e. The van der Waals surface area contributed by atoms with Gasteiger partial charge in [0, 0.05) is 12.1 Å². The highest BCUT2D eigenvalue weighted by Gasteiger charge is 2.09. The molecule has 0 heterocycles. The Morgan fingerprint density at radius 2 is 2.06 bits per heavy atom. The molecule has 1 aromatic rings. The number of phenolic OH excluding ortho intramolecular Hbond substituents is 2. The van der Waals surface area contributed by atoms with Crippen LogP contribution in [-0.4, -0.2) is 33.9 Å². The van der Waals surface area contributed by atoms with Gasteiger partial charge in [0.1, 0.15) is 0 Å². The van der Waals surface area contributed by atoms with E-state index in [1.165, 1.54) is 18.2 Å². The minimum absolute atomic E-state index is 0.261. The van der Waals surface area contributed by atoms with Gasteiger partial charge >= 0.3 is 0 Å². The van der Waals surface area contributed by atoms with Crippen molar-refractivity contribution in [3.63, 3.8) is 0 Å². The molecule has 0 saturated carbocycles. The molecule has 0 fully saturated rings. The van der Waals surface area contributed by atoms with Crippen LogP contribution in [0.2, 0.25) is 0 Å². The SMILES string of the molecule is CCC(O)CCNC(=O)c1ccc(O)c(O)c1. The lowest BCUT2D eigenvalue weighted by molar-refractivity contribution is 0.0941. The first-order chi connectivity index (χ1) is 8.04. The standard InChI is InChI=1S/C12H17NO4/c1-2-9(14)5-6-13-12(17)8-3-4-10(15)11(16)7-8/h3-4,7,9,14-16H,2,5-6H2,1H3,(H,13,17). The summed E-state index contributed by atoms with van der Waals surface area (Å²) in [4.78, 5) is 11.6. The van der Waals surface area contributed by atoms with E-state index in [1.54, 1.807) is 0 Å². The molecule has 0 spiro atoms. The van der Waals surface area contributed by atoms with Crippen LogP contribution in [0.1, 0.15) is 30.1 Å². The number of aliphatic hydroxyl groups excluding tert-OH is 1. The Hall–Kier alpha value is -1.75. The maximum atomic E-state index is 11.6. The third-order valence-corrected chi connectivity index (χ3v) is 2.47. The zero-order valence-corrected chi connectivity index (χ0v) is 9.68. The molecule has 0 aliphatic carbocycles. The maximum absolute atomic E-state index is 11.6. The van der Waals surface area contributed by atoms with Crippen molar-refractivity contribution in [3.05, 3.63) is 23.8 Å². The molecule has 0 aromatic heterocycles. The van der Waals surface area contributed by atoms with Crippen LogP contribution in [0.4, 0.5) is 0 Å². The first-order valence-corrected chi connectivity index (χ1v) is 5.52. The molecule has 1 amide bonds. The van der Waals surface area contributed by atoms with E-state index in [4.69, 9.17) is 5.11 Å². The third-order valence-electron chi connectivity index (χ3n) is 2.47. The van der Waals surface area contributed by atoms with Crippen LogP contribution in [-0.2, 0) is 0 Å². The van der Waals surface area contributed by atoms with Gasteiger partial charge in [-0.05, 0) is 31.0 Å². The average Bonchev–Trinajstić information content (AvgIpc) is 2.32. The van der Waals surface area contributed by atoms with E-state index in [1.807, 2.05) is 6.92 Å². The molecule has 1 unspecified atom stereocenters. The fraction of sp³-hybridized carbons (Fsp3) is 0.417. The number of amides is 1. The first-order valence-electron chi connectivity index (χ1n) is 5.52. The van der Waals surface area contributed by atoms with Crippen LogP contribution in [0.5, 0.6) is 11.5 Å². The first kappa shape index (κ1) is 13.3. The quantitative estimate of drug-likeness (QED) is 0.577. The van der Waals surface area contributed by atoms with Gasteiger partial charge in [-0.25, -0.2) is 0 Å². The lowest BCUT2D eigenvalue weighted by atomic mass is 10.1. The van der Waals surface area contributed by atoms with Crippen LogP contribution < -0.4 is 5.32 Å². The van der Waals surface area contributed by atoms with Gasteiger partial charge < -0.3 is 20.6 Å². The lowest BCUT2D eigenvalue weighted by Gasteiger charge is -2.09. The van der Waals surface area contributed by atoms with Gasteiger partial charge in [-0.1, -0.05) is 6.92 Å². The molecule has 5 heteroatoms. The monoisotopic (exact) mass is 239 g/mol. The number of aromatic hydroxyl groups is 2. The molecular weight excluding hydrogens is 222 g/mol. The van der Waals surface area contributed by atoms with Crippen molar-refractivity contribution >= 4 is 5.91 Å². The van der Waals surface area contributed by atoms with Gasteiger partial charge in [0.2, 0.25) is 0 Å². The largest absolute Gasteiger partial charge is 0.504 e. The number of rotatable bonds is 5. The Kier molecular flexibility index (Phi) is 4.78. The number of carbonyl (C=O) groups is 1. The number of benzene rings is 1. The number of nitrogens with one attached hydrogen (secondary N) is 1. The van der Waals surface area contributed by atoms with E-state index >= 15 is 0 Å². The highest BCUT2D eigenvalue weighted by molar-refractivity contribution is 5.94. The van der Waals surface area contributed by atoms with Gasteiger partial charge in [0.05, 0.1) is 6.10 Å². The minimum Gasteiger partial charge on any atom is -0.504 e. The van der Waals surface area contributed by atoms with Crippen molar-refractivity contribution in [1.29, 1.82) is 0 Å². The summed E-state index contributed by atoms with van der Waals surface area (Å²) in [5.74, 6) is -0.933. The zero-order chi connectivity index (χ0) is 12.8. The summed E-state index contributed by atoms with van der Waals surface area (Å²) in [5, 5.41) is 30.2. The Morgan fingerprint density at radius 3 is 2.65 bits per heavy atom. The topological polar surface area (TPSA) is 89.8 Å². The Labute approximate surface area is 99.7 Å². The molecule has 0 radical (unpaired) electrons. The van der Waals surface area contributed by atoms with Crippen molar-refractivity contribution in [3.8, 4) is 11.5 Å². The van der Waals surface area contributed by atoms with Gasteiger partial charge in [0.25, 0.3) is 5.91 Å². The molecule has 1 aromatic carbocycles. The molecule has 0 saturated heterocycles. The Balaban J connectivity index is 2.50. The number of hydrogen-bond acceptors (Lipinski definition) is 4. The summed E-state index contributed by atoms with van der Waals surface area (Å²) in [5.41, 5.74) is 0.270. The highest BCUT2D eigenvalue weighted by atomic mass is 16.3. The predicted octanol–water partition coefficient (Wildman–Crippen LogP) is 0.989. The Morgan fingerprint density at radius 1 is 1.35 bits per heavy atom. The van der Waals surface area contributed by atoms with Crippen LogP contribution in [0.3, 0.4) is 0 Å². The summed E-state index contributed by atoms with van der Waals surface area (Å²) >= 11 is 0. The van der Waals surface area contributed by atoms with Crippen molar-refractivity contribution in [2.75, 3.05) is 6.54 Å². The second-order valence-electron chi connectivity index (χ2n) is 3.81. The van der Waals surface area contributed by atoms with Gasteiger partial charge in [-0.3, -0.25) is 4.79 Å². The molecule has 4 N–H and O–H groups in total. The number of phenols is 2. The van der Waals surface area contributed by atoms with E-state index in [-0.39, 0.29) is 23.0 Å². The zero-order valence-electron chi connectivity index (χ0n) is 9.68. The fourth-order valence-electron chi connectivity index (χ4n) is 1.32. The molecule has 0 bridgehead atoms. The van der Waals surface area contributed by atoms with E-state index in [9.17, 15) is 15.0 Å². The van der Waals surface area contributed by atoms with Crippen LogP contribution in [0.15, 0.2) is 18.2 Å². The van der Waals surface area contributed by atoms with E-state index < -0.39 is 6.10 Å². The predicted molar refractivity (Wildman–Crippen MR) is 63.0 cm³/mol. The molecule has 0 aliphatic heterocycles. The number of aliphatic hydroxyl groups is 1. The molecule has 94 valence electrons. The third kappa shape index (κ3) is 3.96. The van der Waals surface area contributed by atoms with Crippen molar-refractivity contribution in [2.45, 2.75) is 25.9 Å². The smallest absolute Gasteiger partial charge is 0.251 e. The molecule has 5 nitrogen and oxygen atoms in total. The van der Waals surface area contributed by atoms with E-state index in [2.05, 4.69) is 5.32 Å². The van der Waals surface area contributed by atoms with Crippen LogP contribution in [0.25, 0.3) is 0 Å². The molecule has 1 atom stereocenters. The molecule has 0 aliphatic rings.